The van der Waals surface area contributed by atoms with Gasteiger partial charge in [0.25, 0.3) is 0 Å². The van der Waals surface area contributed by atoms with Crippen LogP contribution >= 0.6 is 11.3 Å². The van der Waals surface area contributed by atoms with Gasteiger partial charge in [0.15, 0.2) is 11.7 Å². The van der Waals surface area contributed by atoms with Crippen molar-refractivity contribution >= 4 is 17.3 Å². The van der Waals surface area contributed by atoms with Crippen LogP contribution in [0.1, 0.15) is 74.8 Å². The molecule has 178 valence electrons. The molecule has 2 bridgehead atoms. The molecule has 0 amide bonds. The van der Waals surface area contributed by atoms with E-state index in [2.05, 4.69) is 44.3 Å². The van der Waals surface area contributed by atoms with Crippen molar-refractivity contribution in [2.24, 2.45) is 11.8 Å². The second-order valence-corrected chi connectivity index (χ2v) is 11.8. The fourth-order valence-corrected chi connectivity index (χ4v) is 7.95. The highest BCUT2D eigenvalue weighted by Gasteiger charge is 2.61. The number of likely N-dealkylation sites (N-methyl/N-ethyl adjacent to an activating group) is 1. The topological polar surface area (TPSA) is 46.5 Å². The van der Waals surface area contributed by atoms with E-state index in [9.17, 15) is 9.90 Å². The minimum absolute atomic E-state index is 0.0608. The van der Waals surface area contributed by atoms with Crippen LogP contribution in [0.4, 0.5) is 0 Å². The van der Waals surface area contributed by atoms with E-state index in [-0.39, 0.29) is 18.1 Å². The molecule has 4 nitrogen and oxygen atoms in total. The fraction of sp³-hybridized carbons (Fsp3) is 0.607. The number of quaternary nitrogens is 1. The summed E-state index contributed by atoms with van der Waals surface area (Å²) < 4.78 is 7.28. The van der Waals surface area contributed by atoms with Crippen molar-refractivity contribution < 1.29 is 19.1 Å². The number of nitrogens with zero attached hydrogens (tertiary/aromatic N) is 1. The zero-order valence-electron chi connectivity index (χ0n) is 20.0. The molecule has 3 aliphatic rings. The number of hydrogen-bond donors (Lipinski definition) is 1. The molecule has 2 heterocycles. The first kappa shape index (κ1) is 23.1. The maximum Gasteiger partial charge on any atom is 0.344 e. The number of thiophene rings is 1. The van der Waals surface area contributed by atoms with Crippen LogP contribution in [-0.2, 0) is 15.1 Å². The van der Waals surface area contributed by atoms with Gasteiger partial charge in [0.1, 0.15) is 12.1 Å². The lowest BCUT2D eigenvalue weighted by atomic mass is 9.80. The Morgan fingerprint density at radius 3 is 2.45 bits per heavy atom. The van der Waals surface area contributed by atoms with Gasteiger partial charge in [-0.15, -0.1) is 11.3 Å². The number of benzene rings is 1. The Kier molecular flexibility index (Phi) is 6.41. The first-order chi connectivity index (χ1) is 15.9. The van der Waals surface area contributed by atoms with Crippen LogP contribution in [0.2, 0.25) is 0 Å². The first-order valence-electron chi connectivity index (χ1n) is 12.8. The number of carbonyl (C=O) groups excluding carboxylic acids is 1. The zero-order chi connectivity index (χ0) is 23.1. The van der Waals surface area contributed by atoms with Gasteiger partial charge in [-0.1, -0.05) is 62.1 Å². The lowest BCUT2D eigenvalue weighted by Crippen LogP contribution is -2.53. The van der Waals surface area contributed by atoms with E-state index < -0.39 is 11.6 Å². The molecule has 3 fully saturated rings. The summed E-state index contributed by atoms with van der Waals surface area (Å²) >= 11 is 1.48. The number of carbonyl (C=O) groups is 1. The predicted octanol–water partition coefficient (Wildman–Crippen LogP) is 5.82. The number of esters is 1. The molecular formula is C28H38NO3S+. The summed E-state index contributed by atoms with van der Waals surface area (Å²) in [4.78, 5) is 14.6. The molecule has 2 aliphatic carbocycles. The summed E-state index contributed by atoms with van der Waals surface area (Å²) in [5.41, 5.74) is -0.180. The van der Waals surface area contributed by atoms with E-state index in [1.54, 1.807) is 0 Å². The maximum atomic E-state index is 13.8. The lowest BCUT2D eigenvalue weighted by Gasteiger charge is -2.43. The van der Waals surface area contributed by atoms with E-state index in [4.69, 9.17) is 4.74 Å². The van der Waals surface area contributed by atoms with Crippen LogP contribution in [0.5, 0.6) is 0 Å². The van der Waals surface area contributed by atoms with Crippen LogP contribution in [0, 0.1) is 11.8 Å². The van der Waals surface area contributed by atoms with Crippen molar-refractivity contribution in [2.75, 3.05) is 13.6 Å². The summed E-state index contributed by atoms with van der Waals surface area (Å²) in [5, 5.41) is 13.9. The quantitative estimate of drug-likeness (QED) is 0.330. The van der Waals surface area contributed by atoms with Crippen LogP contribution in [0.3, 0.4) is 0 Å². The van der Waals surface area contributed by atoms with E-state index in [1.165, 1.54) is 29.7 Å². The van der Waals surface area contributed by atoms with Gasteiger partial charge in [-0.3, -0.25) is 0 Å². The molecule has 1 aromatic heterocycles. The molecule has 1 aliphatic heterocycles. The lowest BCUT2D eigenvalue weighted by molar-refractivity contribution is -0.954. The van der Waals surface area contributed by atoms with Crippen molar-refractivity contribution in [3.63, 3.8) is 0 Å². The third-order valence-corrected chi connectivity index (χ3v) is 10.1. The van der Waals surface area contributed by atoms with Crippen molar-refractivity contribution in [1.29, 1.82) is 0 Å². The van der Waals surface area contributed by atoms with Gasteiger partial charge < -0.3 is 14.3 Å². The average molecular weight is 469 g/mol. The molecule has 5 rings (SSSR count). The highest BCUT2D eigenvalue weighted by Crippen LogP contribution is 2.50. The van der Waals surface area contributed by atoms with Crippen LogP contribution < -0.4 is 0 Å². The van der Waals surface area contributed by atoms with E-state index in [0.717, 1.165) is 54.4 Å². The summed E-state index contributed by atoms with van der Waals surface area (Å²) in [6, 6.07) is 15.2. The molecule has 6 atom stereocenters. The molecule has 0 radical (unpaired) electrons. The van der Waals surface area contributed by atoms with Gasteiger partial charge in [-0.2, -0.15) is 0 Å². The Morgan fingerprint density at radius 2 is 1.79 bits per heavy atom. The van der Waals surface area contributed by atoms with E-state index in [0.29, 0.717) is 12.0 Å². The van der Waals surface area contributed by atoms with Crippen molar-refractivity contribution in [1.82, 2.24) is 0 Å². The number of hydrogen-bond acceptors (Lipinski definition) is 4. The SMILES string of the molecule is C[C@H](c1ccccc1)[N+]1(C)CC2CC[C@@H]1C2OC(=O)C(O)(c1cccs1)C1CCCCCC1. The number of aliphatic hydroxyl groups is 1. The Balaban J connectivity index is 1.39. The molecule has 1 saturated heterocycles. The molecule has 1 aromatic carbocycles. The number of rotatable bonds is 6. The second kappa shape index (κ2) is 9.16. The molecule has 1 N–H and O–H groups in total. The molecule has 5 heteroatoms. The minimum Gasteiger partial charge on any atom is -0.453 e. The third-order valence-electron chi connectivity index (χ3n) is 9.13. The number of ether oxygens (including phenoxy) is 1. The number of piperidine rings is 1. The van der Waals surface area contributed by atoms with Gasteiger partial charge in [-0.25, -0.2) is 4.79 Å². The normalized spacial score (nSPS) is 32.8. The molecule has 4 unspecified atom stereocenters. The highest BCUT2D eigenvalue weighted by atomic mass is 32.1. The van der Waals surface area contributed by atoms with Gasteiger partial charge in [0, 0.05) is 22.8 Å². The Labute approximate surface area is 202 Å². The Bertz CT molecular complexity index is 939. The van der Waals surface area contributed by atoms with E-state index in [1.807, 2.05) is 17.5 Å². The summed E-state index contributed by atoms with van der Waals surface area (Å²) in [7, 11) is 2.33. The van der Waals surface area contributed by atoms with Gasteiger partial charge >= 0.3 is 5.97 Å². The van der Waals surface area contributed by atoms with Gasteiger partial charge in [0.05, 0.1) is 19.5 Å². The van der Waals surface area contributed by atoms with Gasteiger partial charge in [-0.05, 0) is 37.6 Å². The standard InChI is InChI=1S/C28H38NO3S/c1-20(21-11-6-5-7-12-21)29(2)19-22-16-17-24(29)26(22)32-27(30)28(31,25-15-10-18-33-25)23-13-8-3-4-9-14-23/h5-7,10-12,15,18,20,22-24,26,31H,3-4,8-9,13-14,16-17,19H2,1-2H3/q+1/t20-,22?,24-,26?,28?,29?/m1/s1. The Morgan fingerprint density at radius 1 is 1.06 bits per heavy atom. The van der Waals surface area contributed by atoms with Crippen LogP contribution in [-0.4, -0.2) is 41.3 Å². The first-order valence-corrected chi connectivity index (χ1v) is 13.7. The van der Waals surface area contributed by atoms with Crippen LogP contribution in [0.15, 0.2) is 47.8 Å². The fourth-order valence-electron chi connectivity index (χ4n) is 7.06. The molecule has 0 spiro atoms. The molecule has 33 heavy (non-hydrogen) atoms. The van der Waals surface area contributed by atoms with Crippen LogP contribution in [0.25, 0.3) is 0 Å². The predicted molar refractivity (Wildman–Crippen MR) is 132 cm³/mol. The van der Waals surface area contributed by atoms with Crippen molar-refractivity contribution in [3.8, 4) is 0 Å². The molecule has 2 saturated carbocycles. The Hall–Kier alpha value is -1.69. The maximum absolute atomic E-state index is 13.8. The number of likely N-dealkylation sites (tertiary alicyclic amines) is 1. The van der Waals surface area contributed by atoms with Gasteiger partial charge in [0.2, 0.25) is 0 Å². The minimum atomic E-state index is -1.52. The molecular weight excluding hydrogens is 430 g/mol. The number of fused-ring (bicyclic) bond motifs is 2. The summed E-state index contributed by atoms with van der Waals surface area (Å²) in [6.45, 7) is 3.34. The average Bonchev–Trinajstić information content (AvgIpc) is 3.50. The van der Waals surface area contributed by atoms with Crippen molar-refractivity contribution in [2.45, 2.75) is 82.1 Å². The second-order valence-electron chi connectivity index (χ2n) is 10.8. The zero-order valence-corrected chi connectivity index (χ0v) is 20.8. The summed E-state index contributed by atoms with van der Waals surface area (Å²) in [5.74, 6) is -0.0919. The summed E-state index contributed by atoms with van der Waals surface area (Å²) in [6.07, 6.45) is 8.38. The largest absolute Gasteiger partial charge is 0.453 e. The highest BCUT2D eigenvalue weighted by molar-refractivity contribution is 7.10. The third kappa shape index (κ3) is 3.96. The monoisotopic (exact) mass is 468 g/mol. The van der Waals surface area contributed by atoms with Crippen molar-refractivity contribution in [3.05, 3.63) is 58.3 Å². The smallest absolute Gasteiger partial charge is 0.344 e. The van der Waals surface area contributed by atoms with E-state index >= 15 is 0 Å². The molecule has 2 aromatic rings.